The fourth-order valence-electron chi connectivity index (χ4n) is 3.45. The summed E-state index contributed by atoms with van der Waals surface area (Å²) in [6, 6.07) is 12.0. The molecule has 3 N–H and O–H groups in total. The van der Waals surface area contributed by atoms with E-state index < -0.39 is 6.09 Å². The summed E-state index contributed by atoms with van der Waals surface area (Å²) in [5, 5.41) is 16.5. The summed E-state index contributed by atoms with van der Waals surface area (Å²) < 4.78 is 5.33. The molecule has 1 aliphatic rings. The lowest BCUT2D eigenvalue weighted by atomic mass is 10.2. The minimum atomic E-state index is -0.421. The predicted octanol–water partition coefficient (Wildman–Crippen LogP) is 2.60. The van der Waals surface area contributed by atoms with Crippen LogP contribution >= 0.6 is 11.6 Å². The molecule has 3 aromatic rings. The van der Waals surface area contributed by atoms with Crippen LogP contribution in [-0.4, -0.2) is 76.0 Å². The number of rotatable bonds is 6. The minimum absolute atomic E-state index is 0.125. The van der Waals surface area contributed by atoms with Gasteiger partial charge >= 0.3 is 12.1 Å². The first-order valence-electron chi connectivity index (χ1n) is 10.8. The van der Waals surface area contributed by atoms with Gasteiger partial charge in [0.05, 0.1) is 5.52 Å². The summed E-state index contributed by atoms with van der Waals surface area (Å²) in [4.78, 5) is 40.0. The molecule has 1 saturated heterocycles. The summed E-state index contributed by atoms with van der Waals surface area (Å²) in [5.74, 6) is -0.226. The van der Waals surface area contributed by atoms with Crippen molar-refractivity contribution >= 4 is 46.4 Å². The number of hydrogen-bond donors (Lipinski definition) is 3. The summed E-state index contributed by atoms with van der Waals surface area (Å²) in [5.41, 5.74) is 2.88. The van der Waals surface area contributed by atoms with Crippen molar-refractivity contribution in [2.75, 3.05) is 38.0 Å². The highest BCUT2D eigenvalue weighted by Crippen LogP contribution is 2.15. The fraction of sp³-hybridized carbons (Fsp3) is 0.318. The number of aromatic amines is 1. The van der Waals surface area contributed by atoms with Crippen LogP contribution in [-0.2, 0) is 16.1 Å². The Kier molecular flexibility index (Phi) is 7.43. The number of hydrogen-bond acceptors (Lipinski definition) is 6. The van der Waals surface area contributed by atoms with Crippen molar-refractivity contribution in [2.24, 2.45) is 0 Å². The number of aromatic nitrogens is 3. The Bertz CT molecular complexity index is 1160. The van der Waals surface area contributed by atoms with Crippen LogP contribution in [0.25, 0.3) is 11.0 Å². The first-order chi connectivity index (χ1) is 16.5. The standard InChI is InChI=1S/C22H24ClN7O4/c23-16-3-1-15(2-4-16)14-34-22(33)30-11-9-29(10-12-30)21(32)24-8-7-20(31)25-17-5-6-18-19(13-17)27-28-26-18/h1-6,13H,7-12,14H2,(H,24,32)(H,25,31)(H,26,27,28). The molecule has 4 rings (SSSR count). The SMILES string of the molecule is O=C(CCNC(=O)N1CCN(C(=O)OCc2ccc(Cl)cc2)CC1)Nc1ccc2[nH]nnc2c1. The van der Waals surface area contributed by atoms with Crippen molar-refractivity contribution in [2.45, 2.75) is 13.0 Å². The van der Waals surface area contributed by atoms with Crippen molar-refractivity contribution in [3.05, 3.63) is 53.1 Å². The number of halogens is 1. The molecule has 178 valence electrons. The molecule has 4 amide bonds. The van der Waals surface area contributed by atoms with Crippen LogP contribution in [0.3, 0.4) is 0 Å². The van der Waals surface area contributed by atoms with E-state index in [9.17, 15) is 14.4 Å². The van der Waals surface area contributed by atoms with Gasteiger partial charge in [0.1, 0.15) is 12.1 Å². The van der Waals surface area contributed by atoms with E-state index in [1.165, 1.54) is 0 Å². The van der Waals surface area contributed by atoms with Crippen LogP contribution in [0, 0.1) is 0 Å². The monoisotopic (exact) mass is 485 g/mol. The van der Waals surface area contributed by atoms with E-state index in [0.717, 1.165) is 11.1 Å². The lowest BCUT2D eigenvalue weighted by Crippen LogP contribution is -2.53. The molecule has 0 aliphatic carbocycles. The second-order valence-electron chi connectivity index (χ2n) is 7.73. The average Bonchev–Trinajstić information content (AvgIpc) is 3.31. The number of carbonyl (C=O) groups is 3. The van der Waals surface area contributed by atoms with E-state index in [1.54, 1.807) is 52.3 Å². The van der Waals surface area contributed by atoms with Gasteiger partial charge in [-0.1, -0.05) is 28.9 Å². The van der Waals surface area contributed by atoms with Crippen LogP contribution in [0.1, 0.15) is 12.0 Å². The molecular weight excluding hydrogens is 462 g/mol. The lowest BCUT2D eigenvalue weighted by Gasteiger charge is -2.34. The topological polar surface area (TPSA) is 133 Å². The summed E-state index contributed by atoms with van der Waals surface area (Å²) >= 11 is 5.85. The maximum atomic E-state index is 12.4. The molecule has 2 aromatic carbocycles. The Morgan fingerprint density at radius 2 is 1.76 bits per heavy atom. The Hall–Kier alpha value is -3.86. The fourth-order valence-corrected chi connectivity index (χ4v) is 3.57. The molecule has 1 aliphatic heterocycles. The number of ether oxygens (including phenoxy) is 1. The lowest BCUT2D eigenvalue weighted by molar-refractivity contribution is -0.116. The number of nitrogens with one attached hydrogen (secondary N) is 3. The van der Waals surface area contributed by atoms with E-state index in [2.05, 4.69) is 26.0 Å². The van der Waals surface area contributed by atoms with Crippen LogP contribution < -0.4 is 10.6 Å². The van der Waals surface area contributed by atoms with Crippen molar-refractivity contribution < 1.29 is 19.1 Å². The first kappa shape index (κ1) is 23.3. The number of fused-ring (bicyclic) bond motifs is 1. The molecule has 0 spiro atoms. The first-order valence-corrected chi connectivity index (χ1v) is 11.2. The molecule has 0 atom stereocenters. The number of nitrogens with zero attached hydrogens (tertiary/aromatic N) is 4. The molecular formula is C22H24ClN7O4. The maximum Gasteiger partial charge on any atom is 0.410 e. The Balaban J connectivity index is 1.13. The molecule has 1 fully saturated rings. The second kappa shape index (κ2) is 10.8. The zero-order valence-corrected chi connectivity index (χ0v) is 19.0. The van der Waals surface area contributed by atoms with Crippen molar-refractivity contribution in [3.63, 3.8) is 0 Å². The van der Waals surface area contributed by atoms with Crippen molar-refractivity contribution in [1.82, 2.24) is 30.5 Å². The molecule has 2 heterocycles. The summed E-state index contributed by atoms with van der Waals surface area (Å²) in [7, 11) is 0. The molecule has 34 heavy (non-hydrogen) atoms. The Labute approximate surface area is 200 Å². The van der Waals surface area contributed by atoms with Gasteiger partial charge in [-0.3, -0.25) is 9.89 Å². The number of benzene rings is 2. The Morgan fingerprint density at radius 1 is 1.03 bits per heavy atom. The normalized spacial score (nSPS) is 13.6. The van der Waals surface area contributed by atoms with E-state index >= 15 is 0 Å². The van der Waals surface area contributed by atoms with E-state index in [0.29, 0.717) is 42.4 Å². The van der Waals surface area contributed by atoms with E-state index in [4.69, 9.17) is 16.3 Å². The van der Waals surface area contributed by atoms with Gasteiger partial charge in [0.2, 0.25) is 5.91 Å². The van der Waals surface area contributed by atoms with Crippen LogP contribution in [0.5, 0.6) is 0 Å². The molecule has 0 saturated carbocycles. The smallest absolute Gasteiger partial charge is 0.410 e. The summed E-state index contributed by atoms with van der Waals surface area (Å²) in [6.45, 7) is 1.86. The molecule has 0 bridgehead atoms. The molecule has 11 nitrogen and oxygen atoms in total. The highest BCUT2D eigenvalue weighted by Gasteiger charge is 2.25. The van der Waals surface area contributed by atoms with Gasteiger partial charge in [-0.05, 0) is 35.9 Å². The number of carbonyl (C=O) groups excluding carboxylic acids is 3. The quantitative estimate of drug-likeness (QED) is 0.491. The third-order valence-corrected chi connectivity index (χ3v) is 5.59. The minimum Gasteiger partial charge on any atom is -0.445 e. The third-order valence-electron chi connectivity index (χ3n) is 5.34. The van der Waals surface area contributed by atoms with E-state index in [1.807, 2.05) is 0 Å². The van der Waals surface area contributed by atoms with Crippen LogP contribution in [0.2, 0.25) is 5.02 Å². The number of piperazine rings is 1. The second-order valence-corrected chi connectivity index (χ2v) is 8.17. The molecule has 1 aromatic heterocycles. The van der Waals surface area contributed by atoms with Gasteiger partial charge in [0, 0.05) is 49.9 Å². The van der Waals surface area contributed by atoms with Gasteiger partial charge in [-0.15, -0.1) is 5.10 Å². The zero-order chi connectivity index (χ0) is 23.9. The van der Waals surface area contributed by atoms with Gasteiger partial charge in [0.25, 0.3) is 0 Å². The Morgan fingerprint density at radius 3 is 2.53 bits per heavy atom. The zero-order valence-electron chi connectivity index (χ0n) is 18.3. The van der Waals surface area contributed by atoms with Crippen molar-refractivity contribution in [3.8, 4) is 0 Å². The van der Waals surface area contributed by atoms with Gasteiger partial charge in [0.15, 0.2) is 0 Å². The highest BCUT2D eigenvalue weighted by molar-refractivity contribution is 6.30. The van der Waals surface area contributed by atoms with Crippen molar-refractivity contribution in [1.29, 1.82) is 0 Å². The number of urea groups is 1. The van der Waals surface area contributed by atoms with Crippen LogP contribution in [0.15, 0.2) is 42.5 Å². The third kappa shape index (κ3) is 6.13. The number of H-pyrrole nitrogens is 1. The summed E-state index contributed by atoms with van der Waals surface area (Å²) in [6.07, 6.45) is -0.296. The van der Waals surface area contributed by atoms with Gasteiger partial charge < -0.3 is 25.2 Å². The van der Waals surface area contributed by atoms with Gasteiger partial charge in [-0.25, -0.2) is 9.59 Å². The van der Waals surface area contributed by atoms with Gasteiger partial charge in [-0.2, -0.15) is 0 Å². The molecule has 12 heteroatoms. The molecule has 0 unspecified atom stereocenters. The number of anilines is 1. The predicted molar refractivity (Wildman–Crippen MR) is 125 cm³/mol. The average molecular weight is 486 g/mol. The van der Waals surface area contributed by atoms with E-state index in [-0.39, 0.29) is 31.5 Å². The molecule has 0 radical (unpaired) electrons. The maximum absolute atomic E-state index is 12.4. The van der Waals surface area contributed by atoms with Crippen LogP contribution in [0.4, 0.5) is 15.3 Å². The highest BCUT2D eigenvalue weighted by atomic mass is 35.5. The number of amides is 4. The largest absolute Gasteiger partial charge is 0.445 e.